The number of nitrogens with one attached hydrogen (secondary N) is 2. The summed E-state index contributed by atoms with van der Waals surface area (Å²) in [7, 11) is -3.74. The van der Waals surface area contributed by atoms with E-state index in [0.29, 0.717) is 5.69 Å². The minimum Gasteiger partial charge on any atom is -0.449 e. The molecule has 0 saturated heterocycles. The van der Waals surface area contributed by atoms with Gasteiger partial charge in [0, 0.05) is 11.7 Å². The third-order valence-electron chi connectivity index (χ3n) is 4.05. The van der Waals surface area contributed by atoms with Gasteiger partial charge in [0.05, 0.1) is 10.5 Å². The van der Waals surface area contributed by atoms with Gasteiger partial charge in [0.1, 0.15) is 0 Å². The number of esters is 1. The first-order valence-electron chi connectivity index (χ1n) is 9.35. The van der Waals surface area contributed by atoms with Crippen LogP contribution in [0.15, 0.2) is 53.4 Å². The summed E-state index contributed by atoms with van der Waals surface area (Å²) in [4.78, 5) is 24.6. The molecule has 156 valence electrons. The Hall–Kier alpha value is -2.71. The summed E-state index contributed by atoms with van der Waals surface area (Å²) in [5.41, 5.74) is 1.79. The summed E-state index contributed by atoms with van der Waals surface area (Å²) in [6.45, 7) is 6.89. The van der Waals surface area contributed by atoms with Crippen molar-refractivity contribution in [1.82, 2.24) is 4.72 Å². The van der Waals surface area contributed by atoms with Gasteiger partial charge in [-0.05, 0) is 63.1 Å². The van der Waals surface area contributed by atoms with Crippen LogP contribution in [0.1, 0.15) is 43.6 Å². The Morgan fingerprint density at radius 1 is 1.03 bits per heavy atom. The number of hydrogen-bond acceptors (Lipinski definition) is 5. The Balaban J connectivity index is 2.05. The topological polar surface area (TPSA) is 102 Å². The number of aryl methyl sites for hydroxylation is 1. The lowest BCUT2D eigenvalue weighted by Gasteiger charge is -2.14. The highest BCUT2D eigenvalue weighted by atomic mass is 32.2. The molecule has 0 spiro atoms. The van der Waals surface area contributed by atoms with Crippen molar-refractivity contribution in [1.29, 1.82) is 0 Å². The maximum absolute atomic E-state index is 12.4. The van der Waals surface area contributed by atoms with E-state index in [1.54, 1.807) is 26.0 Å². The molecule has 0 aliphatic carbocycles. The molecule has 1 atom stereocenters. The van der Waals surface area contributed by atoms with E-state index in [0.717, 1.165) is 12.0 Å². The zero-order valence-corrected chi connectivity index (χ0v) is 17.7. The Kier molecular flexibility index (Phi) is 7.53. The van der Waals surface area contributed by atoms with Crippen LogP contribution in [0.3, 0.4) is 0 Å². The van der Waals surface area contributed by atoms with Crippen LogP contribution in [0.2, 0.25) is 0 Å². The Morgan fingerprint density at radius 2 is 1.69 bits per heavy atom. The first kappa shape index (κ1) is 22.6. The highest BCUT2D eigenvalue weighted by molar-refractivity contribution is 7.89. The molecule has 0 bridgehead atoms. The predicted molar refractivity (Wildman–Crippen MR) is 111 cm³/mol. The Labute approximate surface area is 171 Å². The molecule has 7 nitrogen and oxygen atoms in total. The Bertz CT molecular complexity index is 969. The first-order valence-corrected chi connectivity index (χ1v) is 10.8. The molecule has 0 fully saturated rings. The van der Waals surface area contributed by atoms with Gasteiger partial charge >= 0.3 is 5.97 Å². The zero-order chi connectivity index (χ0) is 21.6. The van der Waals surface area contributed by atoms with Crippen molar-refractivity contribution in [2.75, 3.05) is 5.32 Å². The van der Waals surface area contributed by atoms with Crippen molar-refractivity contribution >= 4 is 27.6 Å². The number of anilines is 1. The van der Waals surface area contributed by atoms with Gasteiger partial charge in [-0.1, -0.05) is 25.1 Å². The van der Waals surface area contributed by atoms with Gasteiger partial charge in [-0.15, -0.1) is 0 Å². The minimum atomic E-state index is -3.74. The standard InChI is InChI=1S/C21H26N2O5S/c1-5-16-9-11-18(12-10-16)22-20(24)15(4)28-21(25)17-7-6-8-19(13-17)29(26,27)23-14(2)3/h6-15,23H,5H2,1-4H3,(H,22,24)/t15-/m1/s1. The van der Waals surface area contributed by atoms with Crippen molar-refractivity contribution in [3.8, 4) is 0 Å². The van der Waals surface area contributed by atoms with E-state index in [9.17, 15) is 18.0 Å². The third kappa shape index (κ3) is 6.40. The molecule has 0 aromatic heterocycles. The van der Waals surface area contributed by atoms with E-state index >= 15 is 0 Å². The number of amides is 1. The van der Waals surface area contributed by atoms with Crippen LogP contribution < -0.4 is 10.0 Å². The highest BCUT2D eigenvalue weighted by Gasteiger charge is 2.21. The van der Waals surface area contributed by atoms with Crippen LogP contribution in [0.25, 0.3) is 0 Å². The van der Waals surface area contributed by atoms with Crippen molar-refractivity contribution in [2.45, 2.75) is 51.2 Å². The number of benzene rings is 2. The molecule has 0 aliphatic heterocycles. The molecule has 0 radical (unpaired) electrons. The third-order valence-corrected chi connectivity index (χ3v) is 5.71. The smallest absolute Gasteiger partial charge is 0.338 e. The van der Waals surface area contributed by atoms with E-state index in [4.69, 9.17) is 4.74 Å². The molecule has 8 heteroatoms. The number of carbonyl (C=O) groups excluding carboxylic acids is 2. The van der Waals surface area contributed by atoms with Crippen LogP contribution in [0, 0.1) is 0 Å². The molecule has 1 amide bonds. The summed E-state index contributed by atoms with van der Waals surface area (Å²) in [5.74, 6) is -1.26. The number of ether oxygens (including phenoxy) is 1. The van der Waals surface area contributed by atoms with Crippen molar-refractivity contribution < 1.29 is 22.7 Å². The van der Waals surface area contributed by atoms with Crippen molar-refractivity contribution in [2.24, 2.45) is 0 Å². The van der Waals surface area contributed by atoms with Gasteiger partial charge in [0.2, 0.25) is 10.0 Å². The molecule has 0 unspecified atom stereocenters. The van der Waals surface area contributed by atoms with Crippen LogP contribution in [0.4, 0.5) is 5.69 Å². The van der Waals surface area contributed by atoms with Gasteiger partial charge in [-0.3, -0.25) is 4.79 Å². The average molecular weight is 419 g/mol. The molecular formula is C21H26N2O5S. The van der Waals surface area contributed by atoms with E-state index < -0.39 is 28.0 Å². The molecular weight excluding hydrogens is 392 g/mol. The maximum atomic E-state index is 12.4. The maximum Gasteiger partial charge on any atom is 0.338 e. The quantitative estimate of drug-likeness (QED) is 0.642. The summed E-state index contributed by atoms with van der Waals surface area (Å²) in [6.07, 6.45) is -0.161. The first-order chi connectivity index (χ1) is 13.6. The second kappa shape index (κ2) is 9.67. The molecule has 2 aromatic carbocycles. The lowest BCUT2D eigenvalue weighted by Crippen LogP contribution is -2.31. The molecule has 0 aliphatic rings. The Morgan fingerprint density at radius 3 is 2.28 bits per heavy atom. The normalized spacial score (nSPS) is 12.4. The number of carbonyl (C=O) groups is 2. The fourth-order valence-electron chi connectivity index (χ4n) is 2.52. The van der Waals surface area contributed by atoms with E-state index in [-0.39, 0.29) is 16.5 Å². The monoisotopic (exact) mass is 418 g/mol. The van der Waals surface area contributed by atoms with Crippen LogP contribution in [-0.4, -0.2) is 32.4 Å². The molecule has 0 saturated carbocycles. The molecule has 2 rings (SSSR count). The second-order valence-corrected chi connectivity index (χ2v) is 8.61. The van der Waals surface area contributed by atoms with E-state index in [2.05, 4.69) is 10.0 Å². The molecule has 2 aromatic rings. The van der Waals surface area contributed by atoms with Crippen LogP contribution >= 0.6 is 0 Å². The van der Waals surface area contributed by atoms with Gasteiger partial charge in [0.25, 0.3) is 5.91 Å². The van der Waals surface area contributed by atoms with Gasteiger partial charge < -0.3 is 10.1 Å². The number of rotatable bonds is 8. The molecule has 29 heavy (non-hydrogen) atoms. The minimum absolute atomic E-state index is 0.0450. The zero-order valence-electron chi connectivity index (χ0n) is 16.9. The second-order valence-electron chi connectivity index (χ2n) is 6.89. The molecule has 2 N–H and O–H groups in total. The lowest BCUT2D eigenvalue weighted by atomic mass is 10.1. The van der Waals surface area contributed by atoms with Crippen molar-refractivity contribution in [3.63, 3.8) is 0 Å². The highest BCUT2D eigenvalue weighted by Crippen LogP contribution is 2.15. The number of sulfonamides is 1. The predicted octanol–water partition coefficient (Wildman–Crippen LogP) is 3.12. The fraction of sp³-hybridized carbons (Fsp3) is 0.333. The average Bonchev–Trinajstić information content (AvgIpc) is 2.67. The van der Waals surface area contributed by atoms with E-state index in [1.165, 1.54) is 31.2 Å². The van der Waals surface area contributed by atoms with Crippen LogP contribution in [0.5, 0.6) is 0 Å². The summed E-state index contributed by atoms with van der Waals surface area (Å²) in [6, 6.07) is 12.6. The summed E-state index contributed by atoms with van der Waals surface area (Å²) >= 11 is 0. The fourth-order valence-corrected chi connectivity index (χ4v) is 3.81. The van der Waals surface area contributed by atoms with Crippen molar-refractivity contribution in [3.05, 3.63) is 59.7 Å². The lowest BCUT2D eigenvalue weighted by molar-refractivity contribution is -0.123. The van der Waals surface area contributed by atoms with E-state index in [1.807, 2.05) is 19.1 Å². The summed E-state index contributed by atoms with van der Waals surface area (Å²) in [5, 5.41) is 2.69. The van der Waals surface area contributed by atoms with Crippen LogP contribution in [-0.2, 0) is 26.0 Å². The van der Waals surface area contributed by atoms with Gasteiger partial charge in [-0.2, -0.15) is 0 Å². The van der Waals surface area contributed by atoms with Gasteiger partial charge in [0.15, 0.2) is 6.10 Å². The molecule has 0 heterocycles. The number of hydrogen-bond donors (Lipinski definition) is 2. The van der Waals surface area contributed by atoms with Gasteiger partial charge in [-0.25, -0.2) is 17.9 Å². The summed E-state index contributed by atoms with van der Waals surface area (Å²) < 4.78 is 32.2. The largest absolute Gasteiger partial charge is 0.449 e. The SMILES string of the molecule is CCc1ccc(NC(=O)[C@@H](C)OC(=O)c2cccc(S(=O)(=O)NC(C)C)c2)cc1.